The number of carbonyl (C=O) groups excluding carboxylic acids is 1. The Bertz CT molecular complexity index is 709. The molecule has 1 saturated heterocycles. The van der Waals surface area contributed by atoms with E-state index in [1.54, 1.807) is 0 Å². The zero-order valence-corrected chi connectivity index (χ0v) is 13.0. The molecule has 2 aromatic carbocycles. The lowest BCUT2D eigenvalue weighted by Crippen LogP contribution is -2.46. The van der Waals surface area contributed by atoms with E-state index in [0.29, 0.717) is 0 Å². The molecule has 2 aromatic rings. The van der Waals surface area contributed by atoms with Gasteiger partial charge in [-0.15, -0.1) is 0 Å². The molecule has 4 rings (SSSR count). The van der Waals surface area contributed by atoms with Crippen molar-refractivity contribution >= 4 is 11.6 Å². The summed E-state index contributed by atoms with van der Waals surface area (Å²) in [5.74, 6) is 1.43. The Kier molecular flexibility index (Phi) is 3.75. The average Bonchev–Trinajstić information content (AvgIpc) is 2.53. The standard InChI is InChI=1S/C19H20N2O2/c22-19-13-23-18-7-6-15(9-17(18)20-19)10-21-11-16(12-21)8-14-4-2-1-3-5-14/h1-7,9,16H,8,10-13H2,(H,20,22). The molecule has 0 atom stereocenters. The van der Waals surface area contributed by atoms with E-state index < -0.39 is 0 Å². The van der Waals surface area contributed by atoms with Crippen LogP contribution in [0.15, 0.2) is 48.5 Å². The molecule has 2 aliphatic heterocycles. The minimum Gasteiger partial charge on any atom is -0.482 e. The topological polar surface area (TPSA) is 41.6 Å². The van der Waals surface area contributed by atoms with Crippen LogP contribution < -0.4 is 10.1 Å². The minimum atomic E-state index is -0.0819. The van der Waals surface area contributed by atoms with Gasteiger partial charge in [0.2, 0.25) is 0 Å². The van der Waals surface area contributed by atoms with Crippen molar-refractivity contribution in [3.63, 3.8) is 0 Å². The van der Waals surface area contributed by atoms with E-state index in [-0.39, 0.29) is 12.5 Å². The molecule has 0 spiro atoms. The maximum atomic E-state index is 11.4. The zero-order chi connectivity index (χ0) is 15.6. The second-order valence-electron chi connectivity index (χ2n) is 6.42. The number of amides is 1. The van der Waals surface area contributed by atoms with Crippen LogP contribution in [0.3, 0.4) is 0 Å². The van der Waals surface area contributed by atoms with Crippen LogP contribution in [0, 0.1) is 5.92 Å². The first-order chi connectivity index (χ1) is 11.3. The lowest BCUT2D eigenvalue weighted by molar-refractivity contribution is -0.118. The number of likely N-dealkylation sites (tertiary alicyclic amines) is 1. The second kappa shape index (κ2) is 6.05. The van der Waals surface area contributed by atoms with Gasteiger partial charge in [0, 0.05) is 19.6 Å². The molecule has 1 fully saturated rings. The Balaban J connectivity index is 1.32. The average molecular weight is 308 g/mol. The maximum Gasteiger partial charge on any atom is 0.262 e. The van der Waals surface area contributed by atoms with E-state index in [9.17, 15) is 4.79 Å². The van der Waals surface area contributed by atoms with Gasteiger partial charge in [-0.2, -0.15) is 0 Å². The summed E-state index contributed by atoms with van der Waals surface area (Å²) in [6, 6.07) is 16.7. The molecule has 1 amide bonds. The van der Waals surface area contributed by atoms with Gasteiger partial charge in [-0.1, -0.05) is 36.4 Å². The lowest BCUT2D eigenvalue weighted by atomic mass is 9.92. The number of nitrogens with one attached hydrogen (secondary N) is 1. The zero-order valence-electron chi connectivity index (χ0n) is 13.0. The van der Waals surface area contributed by atoms with Crippen molar-refractivity contribution in [3.05, 3.63) is 59.7 Å². The third-order valence-electron chi connectivity index (χ3n) is 4.48. The molecular formula is C19H20N2O2. The van der Waals surface area contributed by atoms with Gasteiger partial charge in [-0.25, -0.2) is 0 Å². The number of ether oxygens (including phenoxy) is 1. The van der Waals surface area contributed by atoms with E-state index >= 15 is 0 Å². The minimum absolute atomic E-state index is 0.0819. The van der Waals surface area contributed by atoms with E-state index in [4.69, 9.17) is 4.74 Å². The monoisotopic (exact) mass is 308 g/mol. The number of benzene rings is 2. The highest BCUT2D eigenvalue weighted by molar-refractivity contribution is 5.95. The molecule has 23 heavy (non-hydrogen) atoms. The summed E-state index contributed by atoms with van der Waals surface area (Å²) in [5.41, 5.74) is 3.43. The Morgan fingerprint density at radius 3 is 2.74 bits per heavy atom. The van der Waals surface area contributed by atoms with Gasteiger partial charge in [0.1, 0.15) is 5.75 Å². The SMILES string of the molecule is O=C1COc2ccc(CN3CC(Cc4ccccc4)C3)cc2N1. The predicted octanol–water partition coefficient (Wildman–Crippen LogP) is 2.69. The van der Waals surface area contributed by atoms with Crippen LogP contribution in [0.5, 0.6) is 5.75 Å². The highest BCUT2D eigenvalue weighted by Gasteiger charge is 2.27. The van der Waals surface area contributed by atoms with Gasteiger partial charge in [0.05, 0.1) is 5.69 Å². The highest BCUT2D eigenvalue weighted by atomic mass is 16.5. The van der Waals surface area contributed by atoms with Crippen LogP contribution in [0.4, 0.5) is 5.69 Å². The van der Waals surface area contributed by atoms with Crippen molar-refractivity contribution in [2.75, 3.05) is 25.0 Å². The molecule has 4 nitrogen and oxygen atoms in total. The Morgan fingerprint density at radius 2 is 1.91 bits per heavy atom. The van der Waals surface area contributed by atoms with Gasteiger partial charge in [0.25, 0.3) is 5.91 Å². The maximum absolute atomic E-state index is 11.4. The van der Waals surface area contributed by atoms with E-state index in [2.05, 4.69) is 46.6 Å². The number of hydrogen-bond donors (Lipinski definition) is 1. The predicted molar refractivity (Wildman–Crippen MR) is 89.5 cm³/mol. The second-order valence-corrected chi connectivity index (χ2v) is 6.42. The van der Waals surface area contributed by atoms with Crippen LogP contribution >= 0.6 is 0 Å². The molecule has 2 heterocycles. The van der Waals surface area contributed by atoms with Crippen molar-refractivity contribution < 1.29 is 9.53 Å². The number of nitrogens with zero attached hydrogens (tertiary/aromatic N) is 1. The van der Waals surface area contributed by atoms with Gasteiger partial charge in [-0.3, -0.25) is 9.69 Å². The van der Waals surface area contributed by atoms with Gasteiger partial charge in [-0.05, 0) is 35.6 Å². The van der Waals surface area contributed by atoms with E-state index in [1.165, 1.54) is 11.1 Å². The normalized spacial score (nSPS) is 17.8. The smallest absolute Gasteiger partial charge is 0.262 e. The molecule has 0 bridgehead atoms. The molecule has 0 radical (unpaired) electrons. The lowest BCUT2D eigenvalue weighted by Gasteiger charge is -2.39. The van der Waals surface area contributed by atoms with Crippen molar-refractivity contribution in [3.8, 4) is 5.75 Å². The quantitative estimate of drug-likeness (QED) is 0.944. The van der Waals surface area contributed by atoms with Crippen LogP contribution in [0.1, 0.15) is 11.1 Å². The number of carbonyl (C=O) groups is 1. The van der Waals surface area contributed by atoms with E-state index in [1.807, 2.05) is 12.1 Å². The molecule has 0 aromatic heterocycles. The molecule has 1 N–H and O–H groups in total. The molecule has 4 heteroatoms. The van der Waals surface area contributed by atoms with Crippen molar-refractivity contribution in [1.82, 2.24) is 4.90 Å². The van der Waals surface area contributed by atoms with Crippen LogP contribution in [-0.4, -0.2) is 30.5 Å². The first-order valence-electron chi connectivity index (χ1n) is 8.08. The number of anilines is 1. The fraction of sp³-hybridized carbons (Fsp3) is 0.316. The Hall–Kier alpha value is -2.33. The first-order valence-corrected chi connectivity index (χ1v) is 8.08. The summed E-state index contributed by atoms with van der Waals surface area (Å²) < 4.78 is 5.39. The Labute approximate surface area is 136 Å². The number of hydrogen-bond acceptors (Lipinski definition) is 3. The number of rotatable bonds is 4. The first kappa shape index (κ1) is 14.3. The van der Waals surface area contributed by atoms with Crippen LogP contribution in [0.2, 0.25) is 0 Å². The van der Waals surface area contributed by atoms with E-state index in [0.717, 1.165) is 43.4 Å². The van der Waals surface area contributed by atoms with Crippen LogP contribution in [0.25, 0.3) is 0 Å². The summed E-state index contributed by atoms with van der Waals surface area (Å²) in [5, 5.41) is 2.87. The summed E-state index contributed by atoms with van der Waals surface area (Å²) in [6.07, 6.45) is 1.16. The summed E-state index contributed by atoms with van der Waals surface area (Å²) in [7, 11) is 0. The van der Waals surface area contributed by atoms with Gasteiger partial charge < -0.3 is 10.1 Å². The highest BCUT2D eigenvalue weighted by Crippen LogP contribution is 2.30. The third-order valence-corrected chi connectivity index (χ3v) is 4.48. The largest absolute Gasteiger partial charge is 0.482 e. The Morgan fingerprint density at radius 1 is 1.09 bits per heavy atom. The van der Waals surface area contributed by atoms with Crippen molar-refractivity contribution in [2.45, 2.75) is 13.0 Å². The summed E-state index contributed by atoms with van der Waals surface area (Å²) >= 11 is 0. The molecule has 2 aliphatic rings. The van der Waals surface area contributed by atoms with Crippen molar-refractivity contribution in [1.29, 1.82) is 0 Å². The fourth-order valence-electron chi connectivity index (χ4n) is 3.37. The fourth-order valence-corrected chi connectivity index (χ4v) is 3.37. The molecule has 0 unspecified atom stereocenters. The van der Waals surface area contributed by atoms with Crippen LogP contribution in [-0.2, 0) is 17.8 Å². The van der Waals surface area contributed by atoms with Gasteiger partial charge in [0.15, 0.2) is 6.61 Å². The van der Waals surface area contributed by atoms with Crippen molar-refractivity contribution in [2.24, 2.45) is 5.92 Å². The molecular weight excluding hydrogens is 288 g/mol. The summed E-state index contributed by atoms with van der Waals surface area (Å²) in [6.45, 7) is 3.30. The molecule has 0 aliphatic carbocycles. The summed E-state index contributed by atoms with van der Waals surface area (Å²) in [4.78, 5) is 13.8. The number of fused-ring (bicyclic) bond motifs is 1. The third kappa shape index (κ3) is 3.22. The molecule has 0 saturated carbocycles. The molecule has 118 valence electrons. The van der Waals surface area contributed by atoms with Gasteiger partial charge >= 0.3 is 0 Å².